The smallest absolute Gasteiger partial charge is 0.291 e. The molecule has 3 aliphatic rings. The van der Waals surface area contributed by atoms with Gasteiger partial charge >= 0.3 is 0 Å². The zero-order valence-electron chi connectivity index (χ0n) is 24.4. The molecule has 0 bridgehead atoms. The Balaban J connectivity index is 1.07. The number of halogens is 2. The van der Waals surface area contributed by atoms with Gasteiger partial charge in [0.2, 0.25) is 5.91 Å². The molecule has 0 unspecified atom stereocenters. The van der Waals surface area contributed by atoms with Crippen LogP contribution in [0.3, 0.4) is 0 Å². The number of anilines is 1. The Morgan fingerprint density at radius 2 is 1.79 bits per heavy atom. The topological polar surface area (TPSA) is 109 Å². The number of benzene rings is 2. The number of carbonyl (C=O) groups excluding carboxylic acids is 3. The van der Waals surface area contributed by atoms with E-state index >= 15 is 0 Å². The molecular weight excluding hydrogens is 575 g/mol. The van der Waals surface area contributed by atoms with Gasteiger partial charge in [0, 0.05) is 69.0 Å². The maximum atomic E-state index is 14.5. The molecule has 43 heavy (non-hydrogen) atoms. The molecule has 10 nitrogen and oxygen atoms in total. The number of carbonyl (C=O) groups is 3. The van der Waals surface area contributed by atoms with Crippen LogP contribution in [0.25, 0.3) is 11.3 Å². The second kappa shape index (κ2) is 11.3. The molecule has 1 aliphatic carbocycles. The summed E-state index contributed by atoms with van der Waals surface area (Å²) in [7, 11) is 3.00. The van der Waals surface area contributed by atoms with Crippen LogP contribution in [0.2, 0.25) is 5.02 Å². The Kier molecular flexibility index (Phi) is 7.64. The van der Waals surface area contributed by atoms with Crippen LogP contribution in [0.4, 0.5) is 10.1 Å². The van der Waals surface area contributed by atoms with Crippen LogP contribution in [0.15, 0.2) is 36.5 Å². The molecule has 12 heteroatoms. The Morgan fingerprint density at radius 3 is 2.42 bits per heavy atom. The van der Waals surface area contributed by atoms with Gasteiger partial charge in [-0.25, -0.2) is 9.37 Å². The fraction of sp³-hybridized carbons (Fsp3) is 0.419. The van der Waals surface area contributed by atoms with E-state index in [1.807, 2.05) is 11.8 Å². The lowest BCUT2D eigenvalue weighted by atomic mass is 9.58. The number of methoxy groups -OCH3 is 1. The van der Waals surface area contributed by atoms with E-state index in [0.717, 1.165) is 31.5 Å². The van der Waals surface area contributed by atoms with Crippen LogP contribution in [0.1, 0.15) is 39.4 Å². The second-order valence-electron chi connectivity index (χ2n) is 11.8. The predicted molar refractivity (Wildman–Crippen MR) is 160 cm³/mol. The molecule has 3 fully saturated rings. The van der Waals surface area contributed by atoms with Crippen molar-refractivity contribution in [2.45, 2.75) is 19.8 Å². The highest BCUT2D eigenvalue weighted by atomic mass is 35.5. The van der Waals surface area contributed by atoms with E-state index in [2.05, 4.69) is 15.6 Å². The van der Waals surface area contributed by atoms with Crippen molar-refractivity contribution in [2.24, 2.45) is 18.4 Å². The summed E-state index contributed by atoms with van der Waals surface area (Å²) in [6.07, 6.45) is 3.40. The summed E-state index contributed by atoms with van der Waals surface area (Å²) in [5.41, 5.74) is 2.96. The summed E-state index contributed by atoms with van der Waals surface area (Å²) in [4.78, 5) is 47.3. The van der Waals surface area contributed by atoms with Crippen molar-refractivity contribution in [3.63, 3.8) is 0 Å². The lowest BCUT2D eigenvalue weighted by Gasteiger charge is -2.54. The lowest BCUT2D eigenvalue weighted by molar-refractivity contribution is -0.147. The lowest BCUT2D eigenvalue weighted by Crippen LogP contribution is -2.63. The normalized spacial score (nSPS) is 17.8. The van der Waals surface area contributed by atoms with Crippen molar-refractivity contribution < 1.29 is 23.5 Å². The van der Waals surface area contributed by atoms with Crippen molar-refractivity contribution in [1.82, 2.24) is 24.7 Å². The highest BCUT2D eigenvalue weighted by Gasteiger charge is 2.51. The van der Waals surface area contributed by atoms with E-state index in [9.17, 15) is 18.8 Å². The van der Waals surface area contributed by atoms with E-state index < -0.39 is 11.7 Å². The number of hydrogen-bond acceptors (Lipinski definition) is 6. The first-order valence-corrected chi connectivity index (χ1v) is 14.7. The number of aryl methyl sites for hydroxylation is 1. The predicted octanol–water partition coefficient (Wildman–Crippen LogP) is 3.73. The number of nitrogens with zero attached hydrogens (tertiary/aromatic N) is 4. The summed E-state index contributed by atoms with van der Waals surface area (Å²) in [5.74, 6) is -0.786. The van der Waals surface area contributed by atoms with Gasteiger partial charge in [-0.15, -0.1) is 0 Å². The third kappa shape index (κ3) is 5.25. The van der Waals surface area contributed by atoms with Crippen molar-refractivity contribution >= 4 is 35.0 Å². The number of ether oxygens (including phenoxy) is 1. The third-order valence-corrected chi connectivity index (χ3v) is 9.40. The maximum absolute atomic E-state index is 14.5. The molecule has 0 atom stereocenters. The van der Waals surface area contributed by atoms with Gasteiger partial charge in [0.15, 0.2) is 17.4 Å². The highest BCUT2D eigenvalue weighted by Crippen LogP contribution is 2.49. The molecule has 226 valence electrons. The second-order valence-corrected chi connectivity index (χ2v) is 12.2. The molecule has 2 aliphatic heterocycles. The minimum atomic E-state index is -0.692. The minimum absolute atomic E-state index is 0.0205. The molecule has 3 heterocycles. The van der Waals surface area contributed by atoms with Crippen LogP contribution in [-0.2, 0) is 11.8 Å². The fourth-order valence-corrected chi connectivity index (χ4v) is 6.67. The van der Waals surface area contributed by atoms with Crippen LogP contribution >= 0.6 is 11.6 Å². The first-order valence-electron chi connectivity index (χ1n) is 14.4. The number of imidazole rings is 1. The monoisotopic (exact) mass is 608 g/mol. The number of aromatic nitrogens is 2. The molecule has 2 saturated heterocycles. The number of amides is 3. The Hall–Kier alpha value is -3.96. The Bertz CT molecular complexity index is 1600. The van der Waals surface area contributed by atoms with Gasteiger partial charge in [0.25, 0.3) is 11.8 Å². The quantitative estimate of drug-likeness (QED) is 0.442. The van der Waals surface area contributed by atoms with Gasteiger partial charge < -0.3 is 29.7 Å². The zero-order chi connectivity index (χ0) is 30.5. The summed E-state index contributed by atoms with van der Waals surface area (Å²) >= 11 is 6.23. The average Bonchev–Trinajstić information content (AvgIpc) is 3.33. The number of nitrogens with one attached hydrogen (secondary N) is 2. The van der Waals surface area contributed by atoms with E-state index in [1.165, 1.54) is 23.9 Å². The Labute approximate surface area is 254 Å². The molecule has 1 saturated carbocycles. The third-order valence-electron chi connectivity index (χ3n) is 9.04. The first kappa shape index (κ1) is 29.1. The van der Waals surface area contributed by atoms with Crippen molar-refractivity contribution in [1.29, 1.82) is 0 Å². The largest absolute Gasteiger partial charge is 0.494 e. The first-order chi connectivity index (χ1) is 20.6. The molecule has 6 rings (SSSR count). The molecule has 2 aromatic carbocycles. The van der Waals surface area contributed by atoms with Crippen LogP contribution in [0.5, 0.6) is 5.75 Å². The van der Waals surface area contributed by atoms with E-state index in [4.69, 9.17) is 16.3 Å². The van der Waals surface area contributed by atoms with Crippen LogP contribution < -0.4 is 15.4 Å². The molecule has 3 aromatic rings. The summed E-state index contributed by atoms with van der Waals surface area (Å²) in [5, 5.41) is 6.00. The molecule has 1 aromatic heterocycles. The minimum Gasteiger partial charge on any atom is -0.494 e. The number of hydrogen-bond donors (Lipinski definition) is 2. The summed E-state index contributed by atoms with van der Waals surface area (Å²) in [6.45, 7) is 5.93. The van der Waals surface area contributed by atoms with Gasteiger partial charge in [0.05, 0.1) is 24.0 Å². The highest BCUT2D eigenvalue weighted by molar-refractivity contribution is 6.33. The van der Waals surface area contributed by atoms with Gasteiger partial charge in [-0.05, 0) is 61.1 Å². The maximum Gasteiger partial charge on any atom is 0.291 e. The van der Waals surface area contributed by atoms with Gasteiger partial charge in [-0.1, -0.05) is 11.6 Å². The molecule has 1 spiro atoms. The average molecular weight is 609 g/mol. The zero-order valence-corrected chi connectivity index (χ0v) is 25.1. The number of rotatable bonds is 6. The van der Waals surface area contributed by atoms with Crippen molar-refractivity contribution in [3.8, 4) is 17.0 Å². The van der Waals surface area contributed by atoms with Gasteiger partial charge in [-0.3, -0.25) is 14.4 Å². The van der Waals surface area contributed by atoms with Crippen LogP contribution in [-0.4, -0.2) is 83.5 Å². The summed E-state index contributed by atoms with van der Waals surface area (Å²) < 4.78 is 21.0. The molecule has 2 N–H and O–H groups in total. The fourth-order valence-electron chi connectivity index (χ4n) is 6.41. The Morgan fingerprint density at radius 1 is 1.09 bits per heavy atom. The SMILES string of the molecule is COc1ccc(-c2cnc(C(=O)Nc3ccc(C(=O)N4CCN(C(=O)C5CC6(CNC6)C5)CC4)c(C)c3)n2C)c(Cl)c1F. The van der Waals surface area contributed by atoms with Gasteiger partial charge in [0.1, 0.15) is 0 Å². The van der Waals surface area contributed by atoms with Crippen LogP contribution in [0, 0.1) is 24.1 Å². The molecule has 0 radical (unpaired) electrons. The molecule has 3 amide bonds. The van der Waals surface area contributed by atoms with Gasteiger partial charge in [-0.2, -0.15) is 0 Å². The molecular formula is C31H34ClFN6O4. The van der Waals surface area contributed by atoms with E-state index in [1.54, 1.807) is 36.2 Å². The number of piperazine rings is 1. The summed E-state index contributed by atoms with van der Waals surface area (Å²) in [6, 6.07) is 8.20. The van der Waals surface area contributed by atoms with Crippen molar-refractivity contribution in [2.75, 3.05) is 51.7 Å². The van der Waals surface area contributed by atoms with Crippen molar-refractivity contribution in [3.05, 3.63) is 64.3 Å². The van der Waals surface area contributed by atoms with E-state index in [-0.39, 0.29) is 34.3 Å². The van der Waals surface area contributed by atoms with E-state index in [0.29, 0.717) is 54.1 Å². The standard InChI is InChI=1S/C31H34ClFN6O4/c1-18-12-20(36-28(40)27-35-15-23(37(27)2)22-6-7-24(43-3)26(33)25(22)32)4-5-21(18)30(42)39-10-8-38(9-11-39)29(41)19-13-31(14-19)16-34-17-31/h4-7,12,15,19,34H,8-11,13-14,16-17H2,1-3H3,(H,36,40).